The highest BCUT2D eigenvalue weighted by Gasteiger charge is 2.26. The SMILES string of the molecule is CC(NC(=O)[C@H]1CCN[C@@H](C)C1)c1ccccc1-n1cccn1. The van der Waals surface area contributed by atoms with Crippen molar-refractivity contribution < 1.29 is 4.79 Å². The Morgan fingerprint density at radius 3 is 2.96 bits per heavy atom. The zero-order chi connectivity index (χ0) is 16.2. The van der Waals surface area contributed by atoms with Gasteiger partial charge in [-0.1, -0.05) is 18.2 Å². The summed E-state index contributed by atoms with van der Waals surface area (Å²) in [7, 11) is 0. The van der Waals surface area contributed by atoms with Crippen LogP contribution in [0.2, 0.25) is 0 Å². The van der Waals surface area contributed by atoms with Gasteiger partial charge in [0.1, 0.15) is 0 Å². The molecule has 3 atom stereocenters. The van der Waals surface area contributed by atoms with Crippen LogP contribution >= 0.6 is 0 Å². The third-order valence-electron chi connectivity index (χ3n) is 4.51. The summed E-state index contributed by atoms with van der Waals surface area (Å²) in [4.78, 5) is 12.6. The van der Waals surface area contributed by atoms with Gasteiger partial charge in [-0.2, -0.15) is 5.10 Å². The highest BCUT2D eigenvalue weighted by atomic mass is 16.1. The van der Waals surface area contributed by atoms with E-state index in [-0.39, 0.29) is 17.9 Å². The van der Waals surface area contributed by atoms with Crippen molar-refractivity contribution in [2.45, 2.75) is 38.8 Å². The van der Waals surface area contributed by atoms with E-state index in [0.29, 0.717) is 6.04 Å². The topological polar surface area (TPSA) is 59.0 Å². The van der Waals surface area contributed by atoms with Crippen molar-refractivity contribution in [1.82, 2.24) is 20.4 Å². The molecule has 0 saturated carbocycles. The molecule has 0 spiro atoms. The first-order chi connectivity index (χ1) is 11.1. The van der Waals surface area contributed by atoms with Crippen LogP contribution in [0.5, 0.6) is 0 Å². The van der Waals surface area contributed by atoms with Crippen molar-refractivity contribution in [1.29, 1.82) is 0 Å². The minimum atomic E-state index is -0.0481. The van der Waals surface area contributed by atoms with E-state index in [2.05, 4.69) is 22.7 Å². The van der Waals surface area contributed by atoms with Crippen molar-refractivity contribution in [3.63, 3.8) is 0 Å². The Hall–Kier alpha value is -2.14. The third-order valence-corrected chi connectivity index (χ3v) is 4.51. The first-order valence-corrected chi connectivity index (χ1v) is 8.28. The Morgan fingerprint density at radius 1 is 1.39 bits per heavy atom. The predicted molar refractivity (Wildman–Crippen MR) is 90.3 cm³/mol. The number of hydrogen-bond donors (Lipinski definition) is 2. The Morgan fingerprint density at radius 2 is 2.22 bits per heavy atom. The average molecular weight is 312 g/mol. The molecule has 5 heteroatoms. The van der Waals surface area contributed by atoms with Crippen LogP contribution < -0.4 is 10.6 Å². The number of piperidine rings is 1. The van der Waals surface area contributed by atoms with Gasteiger partial charge >= 0.3 is 0 Å². The quantitative estimate of drug-likeness (QED) is 0.911. The number of benzene rings is 1. The van der Waals surface area contributed by atoms with E-state index in [9.17, 15) is 4.79 Å². The van der Waals surface area contributed by atoms with E-state index < -0.39 is 0 Å². The van der Waals surface area contributed by atoms with Crippen molar-refractivity contribution in [3.8, 4) is 5.69 Å². The second-order valence-corrected chi connectivity index (χ2v) is 6.32. The van der Waals surface area contributed by atoms with Gasteiger partial charge in [-0.3, -0.25) is 4.79 Å². The van der Waals surface area contributed by atoms with Gasteiger partial charge in [0.2, 0.25) is 5.91 Å². The van der Waals surface area contributed by atoms with E-state index >= 15 is 0 Å². The molecule has 5 nitrogen and oxygen atoms in total. The summed E-state index contributed by atoms with van der Waals surface area (Å²) in [5, 5.41) is 10.9. The molecule has 1 aromatic heterocycles. The maximum atomic E-state index is 12.6. The Bertz CT molecular complexity index is 653. The molecule has 23 heavy (non-hydrogen) atoms. The smallest absolute Gasteiger partial charge is 0.223 e. The highest BCUT2D eigenvalue weighted by molar-refractivity contribution is 5.79. The first-order valence-electron chi connectivity index (χ1n) is 8.28. The van der Waals surface area contributed by atoms with Crippen molar-refractivity contribution in [2.75, 3.05) is 6.54 Å². The molecule has 1 amide bonds. The fourth-order valence-electron chi connectivity index (χ4n) is 3.25. The summed E-state index contributed by atoms with van der Waals surface area (Å²) >= 11 is 0. The first kappa shape index (κ1) is 15.7. The number of nitrogens with zero attached hydrogens (tertiary/aromatic N) is 2. The second-order valence-electron chi connectivity index (χ2n) is 6.32. The van der Waals surface area contributed by atoms with Gasteiger partial charge in [0.05, 0.1) is 11.7 Å². The molecule has 2 N–H and O–H groups in total. The number of aromatic nitrogens is 2. The molecular weight excluding hydrogens is 288 g/mol. The average Bonchev–Trinajstić information content (AvgIpc) is 3.09. The zero-order valence-electron chi connectivity index (χ0n) is 13.7. The molecule has 0 radical (unpaired) electrons. The van der Waals surface area contributed by atoms with Crippen LogP contribution in [0.4, 0.5) is 0 Å². The van der Waals surface area contributed by atoms with Crippen molar-refractivity contribution in [3.05, 3.63) is 48.3 Å². The van der Waals surface area contributed by atoms with E-state index in [4.69, 9.17) is 0 Å². The molecule has 122 valence electrons. The van der Waals surface area contributed by atoms with Gasteiger partial charge in [0, 0.05) is 24.4 Å². The summed E-state index contributed by atoms with van der Waals surface area (Å²) in [6, 6.07) is 10.3. The fraction of sp³-hybridized carbons (Fsp3) is 0.444. The fourth-order valence-corrected chi connectivity index (χ4v) is 3.25. The molecule has 1 fully saturated rings. The lowest BCUT2D eigenvalue weighted by Gasteiger charge is -2.28. The van der Waals surface area contributed by atoms with E-state index in [1.165, 1.54) is 0 Å². The molecule has 2 heterocycles. The summed E-state index contributed by atoms with van der Waals surface area (Å²) in [6.07, 6.45) is 5.49. The van der Waals surface area contributed by atoms with Gasteiger partial charge < -0.3 is 10.6 Å². The molecule has 3 rings (SSSR count). The number of amides is 1. The lowest BCUT2D eigenvalue weighted by atomic mass is 9.92. The van der Waals surface area contributed by atoms with Gasteiger partial charge in [0.15, 0.2) is 0 Å². The Kier molecular flexibility index (Phi) is 4.76. The van der Waals surface area contributed by atoms with Crippen LogP contribution in [0.15, 0.2) is 42.7 Å². The molecule has 1 aromatic carbocycles. The molecule has 0 bridgehead atoms. The summed E-state index contributed by atoms with van der Waals surface area (Å²) in [5.41, 5.74) is 2.08. The number of hydrogen-bond acceptors (Lipinski definition) is 3. The standard InChI is InChI=1S/C18H24N4O/c1-13-12-15(8-10-19-13)18(23)21-14(2)16-6-3-4-7-17(16)22-11-5-9-20-22/h3-7,9,11,13-15,19H,8,10,12H2,1-2H3,(H,21,23)/t13-,14?,15-/m0/s1. The maximum Gasteiger partial charge on any atom is 0.223 e. The third kappa shape index (κ3) is 3.62. The molecule has 1 aliphatic rings. The predicted octanol–water partition coefficient (Wildman–Crippen LogP) is 2.44. The van der Waals surface area contributed by atoms with Crippen LogP contribution in [-0.2, 0) is 4.79 Å². The molecule has 1 aliphatic heterocycles. The number of rotatable bonds is 4. The van der Waals surface area contributed by atoms with Gasteiger partial charge in [-0.25, -0.2) is 4.68 Å². The number of para-hydroxylation sites is 1. The van der Waals surface area contributed by atoms with E-state index in [0.717, 1.165) is 30.6 Å². The summed E-state index contributed by atoms with van der Waals surface area (Å²) in [5.74, 6) is 0.256. The molecule has 2 aromatic rings. The van der Waals surface area contributed by atoms with Gasteiger partial charge in [0.25, 0.3) is 0 Å². The maximum absolute atomic E-state index is 12.6. The minimum Gasteiger partial charge on any atom is -0.349 e. The number of nitrogens with one attached hydrogen (secondary N) is 2. The monoisotopic (exact) mass is 312 g/mol. The van der Waals surface area contributed by atoms with E-state index in [1.54, 1.807) is 6.20 Å². The van der Waals surface area contributed by atoms with Crippen LogP contribution in [-0.4, -0.2) is 28.3 Å². The minimum absolute atomic E-state index is 0.0481. The Balaban J connectivity index is 1.73. The largest absolute Gasteiger partial charge is 0.349 e. The number of carbonyl (C=O) groups is 1. The number of carbonyl (C=O) groups excluding carboxylic acids is 1. The van der Waals surface area contributed by atoms with Gasteiger partial charge in [-0.05, 0) is 50.9 Å². The van der Waals surface area contributed by atoms with Crippen molar-refractivity contribution in [2.24, 2.45) is 5.92 Å². The summed E-state index contributed by atoms with van der Waals surface area (Å²) < 4.78 is 1.84. The Labute approximate surface area is 137 Å². The van der Waals surface area contributed by atoms with E-state index in [1.807, 2.05) is 48.1 Å². The molecular formula is C18H24N4O. The normalized spacial score (nSPS) is 22.5. The molecule has 0 aliphatic carbocycles. The van der Waals surface area contributed by atoms with Crippen LogP contribution in [0.25, 0.3) is 5.69 Å². The lowest BCUT2D eigenvalue weighted by Crippen LogP contribution is -2.43. The van der Waals surface area contributed by atoms with Gasteiger partial charge in [-0.15, -0.1) is 0 Å². The lowest BCUT2D eigenvalue weighted by molar-refractivity contribution is -0.126. The van der Waals surface area contributed by atoms with Crippen LogP contribution in [0, 0.1) is 5.92 Å². The molecule has 1 unspecified atom stereocenters. The second kappa shape index (κ2) is 6.96. The zero-order valence-corrected chi connectivity index (χ0v) is 13.7. The molecule has 1 saturated heterocycles. The summed E-state index contributed by atoms with van der Waals surface area (Å²) in [6.45, 7) is 5.08. The van der Waals surface area contributed by atoms with Crippen LogP contribution in [0.3, 0.4) is 0 Å². The van der Waals surface area contributed by atoms with Crippen molar-refractivity contribution >= 4 is 5.91 Å². The highest BCUT2D eigenvalue weighted by Crippen LogP contribution is 2.23. The van der Waals surface area contributed by atoms with Crippen LogP contribution in [0.1, 0.15) is 38.3 Å².